The van der Waals surface area contributed by atoms with Gasteiger partial charge in [0.05, 0.1) is 7.11 Å². The van der Waals surface area contributed by atoms with Gasteiger partial charge < -0.3 is 20.7 Å². The molecule has 1 saturated heterocycles. The number of pyridine rings is 1. The van der Waals surface area contributed by atoms with Crippen LogP contribution in [-0.4, -0.2) is 43.2 Å². The van der Waals surface area contributed by atoms with Crippen LogP contribution in [0.3, 0.4) is 0 Å². The quantitative estimate of drug-likeness (QED) is 0.731. The monoisotopic (exact) mass is 412 g/mol. The fraction of sp³-hybridized carbons (Fsp3) is 0.478. The first-order valence-corrected chi connectivity index (χ1v) is 10.6. The van der Waals surface area contributed by atoms with Crippen LogP contribution in [0.1, 0.15) is 41.7 Å². The van der Waals surface area contributed by atoms with Crippen LogP contribution in [0.25, 0.3) is 0 Å². The number of piperidine rings is 1. The first kappa shape index (κ1) is 20.6. The Hall–Kier alpha value is -2.67. The molecule has 0 spiro atoms. The SMILES string of the molecule is COc1ccc(F)cc1CC1(NC(=O)c2cc(N3CCC(CN)CC3)ccn2)CC1. The number of methoxy groups -OCH3 is 1. The van der Waals surface area contributed by atoms with Gasteiger partial charge in [0, 0.05) is 30.5 Å². The highest BCUT2D eigenvalue weighted by Gasteiger charge is 2.45. The Labute approximate surface area is 176 Å². The zero-order chi connectivity index (χ0) is 21.1. The number of anilines is 1. The fourth-order valence-corrected chi connectivity index (χ4v) is 4.22. The average Bonchev–Trinajstić information content (AvgIpc) is 3.52. The highest BCUT2D eigenvalue weighted by Crippen LogP contribution is 2.41. The number of aromatic nitrogens is 1. The van der Waals surface area contributed by atoms with Gasteiger partial charge in [0.15, 0.2) is 0 Å². The molecule has 1 aliphatic heterocycles. The Morgan fingerprint density at radius 1 is 1.30 bits per heavy atom. The predicted molar refractivity (Wildman–Crippen MR) is 114 cm³/mol. The van der Waals surface area contributed by atoms with Gasteiger partial charge in [-0.15, -0.1) is 0 Å². The third kappa shape index (κ3) is 4.56. The van der Waals surface area contributed by atoms with Crippen LogP contribution in [-0.2, 0) is 6.42 Å². The molecule has 1 amide bonds. The normalized spacial score (nSPS) is 18.2. The smallest absolute Gasteiger partial charge is 0.270 e. The predicted octanol–water partition coefficient (Wildman–Crippen LogP) is 2.91. The van der Waals surface area contributed by atoms with Crippen molar-refractivity contribution in [3.63, 3.8) is 0 Å². The maximum absolute atomic E-state index is 13.7. The summed E-state index contributed by atoms with van der Waals surface area (Å²) in [7, 11) is 1.57. The molecule has 0 atom stereocenters. The number of hydrogen-bond acceptors (Lipinski definition) is 5. The molecule has 1 aliphatic carbocycles. The average molecular weight is 413 g/mol. The molecule has 6 nitrogen and oxygen atoms in total. The number of nitrogens with two attached hydrogens (primary N) is 1. The van der Waals surface area contributed by atoms with E-state index in [0.29, 0.717) is 23.8 Å². The van der Waals surface area contributed by atoms with Gasteiger partial charge in [-0.25, -0.2) is 4.39 Å². The third-order valence-corrected chi connectivity index (χ3v) is 6.29. The lowest BCUT2D eigenvalue weighted by atomic mass is 9.97. The molecular formula is C23H29FN4O2. The summed E-state index contributed by atoms with van der Waals surface area (Å²) in [5.74, 6) is 0.723. The first-order valence-electron chi connectivity index (χ1n) is 10.6. The van der Waals surface area contributed by atoms with E-state index in [-0.39, 0.29) is 17.3 Å². The molecule has 2 fully saturated rings. The van der Waals surface area contributed by atoms with E-state index in [1.807, 2.05) is 12.1 Å². The number of nitrogens with one attached hydrogen (secondary N) is 1. The molecule has 0 unspecified atom stereocenters. The molecular weight excluding hydrogens is 383 g/mol. The Balaban J connectivity index is 1.44. The molecule has 3 N–H and O–H groups in total. The molecule has 2 heterocycles. The lowest BCUT2D eigenvalue weighted by molar-refractivity contribution is 0.0926. The van der Waals surface area contributed by atoms with E-state index in [4.69, 9.17) is 10.5 Å². The van der Waals surface area contributed by atoms with Gasteiger partial charge >= 0.3 is 0 Å². The topological polar surface area (TPSA) is 80.5 Å². The van der Waals surface area contributed by atoms with Crippen molar-refractivity contribution < 1.29 is 13.9 Å². The molecule has 2 aliphatic rings. The summed E-state index contributed by atoms with van der Waals surface area (Å²) in [5, 5.41) is 3.13. The molecule has 30 heavy (non-hydrogen) atoms. The van der Waals surface area contributed by atoms with Crippen molar-refractivity contribution in [1.82, 2.24) is 10.3 Å². The van der Waals surface area contributed by atoms with Crippen molar-refractivity contribution in [2.45, 2.75) is 37.6 Å². The Morgan fingerprint density at radius 2 is 2.07 bits per heavy atom. The van der Waals surface area contributed by atoms with E-state index in [2.05, 4.69) is 15.2 Å². The Kier molecular flexibility index (Phi) is 5.90. The number of hydrogen-bond donors (Lipinski definition) is 2. The largest absolute Gasteiger partial charge is 0.496 e. The van der Waals surface area contributed by atoms with E-state index in [1.165, 1.54) is 12.1 Å². The number of carbonyl (C=O) groups is 1. The summed E-state index contributed by atoms with van der Waals surface area (Å²) in [4.78, 5) is 19.5. The molecule has 1 aromatic heterocycles. The summed E-state index contributed by atoms with van der Waals surface area (Å²) < 4.78 is 19.1. The van der Waals surface area contributed by atoms with Crippen LogP contribution < -0.4 is 20.7 Å². The van der Waals surface area contributed by atoms with Crippen LogP contribution in [0.4, 0.5) is 10.1 Å². The van der Waals surface area contributed by atoms with E-state index < -0.39 is 0 Å². The zero-order valence-corrected chi connectivity index (χ0v) is 17.4. The minimum Gasteiger partial charge on any atom is -0.496 e. The second-order valence-electron chi connectivity index (χ2n) is 8.43. The summed E-state index contributed by atoms with van der Waals surface area (Å²) >= 11 is 0. The Morgan fingerprint density at radius 3 is 2.73 bits per heavy atom. The van der Waals surface area contributed by atoms with E-state index in [9.17, 15) is 9.18 Å². The first-order chi connectivity index (χ1) is 14.5. The summed E-state index contributed by atoms with van der Waals surface area (Å²) in [5.41, 5.74) is 7.61. The molecule has 4 rings (SSSR count). The van der Waals surface area contributed by atoms with Gasteiger partial charge in [-0.2, -0.15) is 0 Å². The lowest BCUT2D eigenvalue weighted by Gasteiger charge is -2.33. The molecule has 1 saturated carbocycles. The van der Waals surface area contributed by atoms with Crippen LogP contribution in [0.15, 0.2) is 36.5 Å². The van der Waals surface area contributed by atoms with Gasteiger partial charge in [-0.3, -0.25) is 9.78 Å². The van der Waals surface area contributed by atoms with Crippen LogP contribution in [0, 0.1) is 11.7 Å². The van der Waals surface area contributed by atoms with Crippen molar-refractivity contribution >= 4 is 11.6 Å². The number of ether oxygens (including phenoxy) is 1. The van der Waals surface area contributed by atoms with Crippen molar-refractivity contribution in [3.05, 3.63) is 53.6 Å². The molecule has 2 aromatic rings. The minimum absolute atomic E-state index is 0.193. The van der Waals surface area contributed by atoms with Crippen molar-refractivity contribution in [2.75, 3.05) is 31.6 Å². The van der Waals surface area contributed by atoms with Crippen molar-refractivity contribution in [3.8, 4) is 5.75 Å². The van der Waals surface area contributed by atoms with Gasteiger partial charge in [0.25, 0.3) is 5.91 Å². The van der Waals surface area contributed by atoms with E-state index in [1.54, 1.807) is 19.4 Å². The van der Waals surface area contributed by atoms with Crippen LogP contribution in [0.5, 0.6) is 5.75 Å². The third-order valence-electron chi connectivity index (χ3n) is 6.29. The summed E-state index contributed by atoms with van der Waals surface area (Å²) in [6.45, 7) is 2.61. The van der Waals surface area contributed by atoms with Crippen molar-refractivity contribution in [2.24, 2.45) is 11.7 Å². The minimum atomic E-state index is -0.366. The number of rotatable bonds is 7. The number of benzene rings is 1. The highest BCUT2D eigenvalue weighted by atomic mass is 19.1. The molecule has 0 bridgehead atoms. The standard InChI is InChI=1S/C23H29FN4O2/c1-30-21-3-2-18(24)12-17(21)14-23(7-8-23)27-22(29)20-13-19(4-9-26-20)28-10-5-16(15-25)6-11-28/h2-4,9,12-13,16H,5-8,10-11,14-15,25H2,1H3,(H,27,29). The van der Waals surface area contributed by atoms with Gasteiger partial charge in [-0.1, -0.05) is 0 Å². The van der Waals surface area contributed by atoms with Crippen LogP contribution in [0.2, 0.25) is 0 Å². The second kappa shape index (κ2) is 8.60. The van der Waals surface area contributed by atoms with E-state index >= 15 is 0 Å². The summed E-state index contributed by atoms with van der Waals surface area (Å²) in [6, 6.07) is 8.30. The Bertz CT molecular complexity index is 908. The zero-order valence-electron chi connectivity index (χ0n) is 17.4. The molecule has 160 valence electrons. The van der Waals surface area contributed by atoms with Gasteiger partial charge in [0.1, 0.15) is 17.3 Å². The fourth-order valence-electron chi connectivity index (χ4n) is 4.22. The molecule has 0 radical (unpaired) electrons. The lowest BCUT2D eigenvalue weighted by Crippen LogP contribution is -2.39. The van der Waals surface area contributed by atoms with Crippen molar-refractivity contribution in [1.29, 1.82) is 0 Å². The van der Waals surface area contributed by atoms with Gasteiger partial charge in [-0.05, 0) is 80.5 Å². The number of halogens is 1. The number of amides is 1. The number of nitrogens with zero attached hydrogens (tertiary/aromatic N) is 2. The van der Waals surface area contributed by atoms with E-state index in [0.717, 1.165) is 56.6 Å². The summed E-state index contributed by atoms with van der Waals surface area (Å²) in [6.07, 6.45) is 6.06. The molecule has 7 heteroatoms. The van der Waals surface area contributed by atoms with Gasteiger partial charge in [0.2, 0.25) is 0 Å². The molecule has 1 aromatic carbocycles. The maximum atomic E-state index is 13.7. The highest BCUT2D eigenvalue weighted by molar-refractivity contribution is 5.94. The second-order valence-corrected chi connectivity index (χ2v) is 8.43. The maximum Gasteiger partial charge on any atom is 0.270 e. The number of carbonyl (C=O) groups excluding carboxylic acids is 1. The van der Waals surface area contributed by atoms with Crippen LogP contribution >= 0.6 is 0 Å².